The van der Waals surface area contributed by atoms with Gasteiger partial charge in [-0.05, 0) is 44.1 Å². The molecule has 0 unspecified atom stereocenters. The van der Waals surface area contributed by atoms with Crippen LogP contribution in [0.5, 0.6) is 0 Å². The lowest BCUT2D eigenvalue weighted by Crippen LogP contribution is -2.34. The van der Waals surface area contributed by atoms with Gasteiger partial charge in [-0.15, -0.1) is 11.3 Å². The second kappa shape index (κ2) is 4.94. The third kappa shape index (κ3) is 2.50. The van der Waals surface area contributed by atoms with Gasteiger partial charge in [-0.2, -0.15) is 4.98 Å². The zero-order chi connectivity index (χ0) is 13.4. The zero-order valence-corrected chi connectivity index (χ0v) is 12.1. The highest BCUT2D eigenvalue weighted by Crippen LogP contribution is 2.35. The molecule has 19 heavy (non-hydrogen) atoms. The van der Waals surface area contributed by atoms with Gasteiger partial charge in [0.15, 0.2) is 0 Å². The van der Waals surface area contributed by atoms with Crippen LogP contribution in [0.15, 0.2) is 11.4 Å². The fourth-order valence-corrected chi connectivity index (χ4v) is 3.00. The summed E-state index contributed by atoms with van der Waals surface area (Å²) in [6, 6.07) is 2.52. The van der Waals surface area contributed by atoms with E-state index >= 15 is 0 Å². The van der Waals surface area contributed by atoms with Gasteiger partial charge < -0.3 is 4.90 Å². The van der Waals surface area contributed by atoms with Crippen LogP contribution in [-0.4, -0.2) is 22.6 Å². The predicted molar refractivity (Wildman–Crippen MR) is 80.4 cm³/mol. The van der Waals surface area contributed by atoms with Gasteiger partial charge >= 0.3 is 0 Å². The van der Waals surface area contributed by atoms with Crippen molar-refractivity contribution < 1.29 is 0 Å². The first-order valence-electron chi connectivity index (χ1n) is 6.67. The van der Waals surface area contributed by atoms with Crippen molar-refractivity contribution in [1.29, 1.82) is 0 Å². The number of hydrogen-bond acceptors (Lipinski definition) is 6. The lowest BCUT2D eigenvalue weighted by atomic mass is 10.2. The summed E-state index contributed by atoms with van der Waals surface area (Å²) < 4.78 is 0. The first-order chi connectivity index (χ1) is 9.19. The average Bonchev–Trinajstić information content (AvgIpc) is 3.09. The number of hydrazine groups is 1. The van der Waals surface area contributed by atoms with Crippen LogP contribution in [0, 0.1) is 5.92 Å². The van der Waals surface area contributed by atoms with Crippen LogP contribution < -0.4 is 16.2 Å². The lowest BCUT2D eigenvalue weighted by molar-refractivity contribution is 0.639. The lowest BCUT2D eigenvalue weighted by Gasteiger charge is -2.28. The van der Waals surface area contributed by atoms with Crippen LogP contribution in [0.3, 0.4) is 0 Å². The molecular weight excluding hydrogens is 258 g/mol. The molecule has 102 valence electrons. The van der Waals surface area contributed by atoms with Gasteiger partial charge in [0.1, 0.15) is 10.6 Å². The van der Waals surface area contributed by atoms with E-state index in [1.165, 1.54) is 12.8 Å². The standard InChI is InChI=1S/C13H19N5S/c1-8(2)18(7-9-3-4-9)11-10-5-6-19-12(10)16-13(15-11)17-14/h5-6,8-9H,3-4,7,14H2,1-2H3,(H,15,16,17). The van der Waals surface area contributed by atoms with Gasteiger partial charge in [-0.3, -0.25) is 5.43 Å². The number of thiophene rings is 1. The summed E-state index contributed by atoms with van der Waals surface area (Å²) >= 11 is 1.62. The zero-order valence-electron chi connectivity index (χ0n) is 11.3. The Hall–Kier alpha value is -1.40. The van der Waals surface area contributed by atoms with E-state index in [0.717, 1.165) is 28.5 Å². The quantitative estimate of drug-likeness (QED) is 0.649. The van der Waals surface area contributed by atoms with Crippen LogP contribution in [0.25, 0.3) is 10.2 Å². The molecule has 5 nitrogen and oxygen atoms in total. The molecule has 1 saturated carbocycles. The van der Waals surface area contributed by atoms with Crippen molar-refractivity contribution in [3.05, 3.63) is 11.4 Å². The first kappa shape index (κ1) is 12.6. The molecule has 0 saturated heterocycles. The Kier molecular flexibility index (Phi) is 3.28. The molecule has 1 aliphatic rings. The van der Waals surface area contributed by atoms with Gasteiger partial charge in [0, 0.05) is 12.6 Å². The van der Waals surface area contributed by atoms with Gasteiger partial charge in [-0.25, -0.2) is 10.8 Å². The SMILES string of the molecule is CC(C)N(CC1CC1)c1nc(NN)nc2sccc12. The van der Waals surface area contributed by atoms with Crippen molar-refractivity contribution in [2.75, 3.05) is 16.9 Å². The average molecular weight is 277 g/mol. The number of nitrogens with two attached hydrogens (primary N) is 1. The first-order valence-corrected chi connectivity index (χ1v) is 7.55. The maximum atomic E-state index is 5.48. The fourth-order valence-electron chi connectivity index (χ4n) is 2.24. The number of nitrogen functional groups attached to an aromatic ring is 1. The molecule has 3 N–H and O–H groups in total. The second-order valence-corrected chi connectivity index (χ2v) is 6.24. The maximum Gasteiger partial charge on any atom is 0.240 e. The number of aromatic nitrogens is 2. The van der Waals surface area contributed by atoms with E-state index in [0.29, 0.717) is 12.0 Å². The van der Waals surface area contributed by atoms with Gasteiger partial charge in [0.25, 0.3) is 0 Å². The molecule has 3 rings (SSSR count). The summed E-state index contributed by atoms with van der Waals surface area (Å²) in [6.45, 7) is 5.49. The summed E-state index contributed by atoms with van der Waals surface area (Å²) in [5.74, 6) is 7.79. The van der Waals surface area contributed by atoms with Crippen LogP contribution in [0.4, 0.5) is 11.8 Å². The summed E-state index contributed by atoms with van der Waals surface area (Å²) in [4.78, 5) is 12.3. The molecule has 0 aromatic carbocycles. The fraction of sp³-hybridized carbons (Fsp3) is 0.538. The molecule has 6 heteroatoms. The van der Waals surface area contributed by atoms with E-state index in [4.69, 9.17) is 5.84 Å². The van der Waals surface area contributed by atoms with Gasteiger partial charge in [-0.1, -0.05) is 0 Å². The van der Waals surface area contributed by atoms with Crippen molar-refractivity contribution in [3.63, 3.8) is 0 Å². The molecule has 1 fully saturated rings. The number of nitrogens with one attached hydrogen (secondary N) is 1. The topological polar surface area (TPSA) is 67.1 Å². The number of nitrogens with zero attached hydrogens (tertiary/aromatic N) is 3. The largest absolute Gasteiger partial charge is 0.353 e. The summed E-state index contributed by atoms with van der Waals surface area (Å²) in [7, 11) is 0. The smallest absolute Gasteiger partial charge is 0.240 e. The van der Waals surface area contributed by atoms with E-state index in [1.54, 1.807) is 11.3 Å². The molecule has 0 radical (unpaired) electrons. The normalized spacial score (nSPS) is 15.2. The summed E-state index contributed by atoms with van der Waals surface area (Å²) in [5, 5.41) is 3.18. The second-order valence-electron chi connectivity index (χ2n) is 5.34. The predicted octanol–water partition coefficient (Wildman–Crippen LogP) is 2.60. The Balaban J connectivity index is 2.06. The van der Waals surface area contributed by atoms with Crippen LogP contribution >= 0.6 is 11.3 Å². The van der Waals surface area contributed by atoms with E-state index in [1.807, 2.05) is 0 Å². The number of rotatable bonds is 5. The molecule has 1 aliphatic carbocycles. The van der Waals surface area contributed by atoms with E-state index in [9.17, 15) is 0 Å². The van der Waals surface area contributed by atoms with Crippen LogP contribution in [0.2, 0.25) is 0 Å². The van der Waals surface area contributed by atoms with Crippen molar-refractivity contribution in [2.24, 2.45) is 11.8 Å². The minimum absolute atomic E-state index is 0.421. The Morgan fingerprint density at radius 2 is 2.26 bits per heavy atom. The Bertz CT molecular complexity index is 575. The third-order valence-corrected chi connectivity index (χ3v) is 4.29. The number of hydrogen-bond donors (Lipinski definition) is 2. The van der Waals surface area contributed by atoms with Crippen molar-refractivity contribution >= 4 is 33.3 Å². The highest BCUT2D eigenvalue weighted by Gasteiger charge is 2.27. The highest BCUT2D eigenvalue weighted by atomic mass is 32.1. The molecule has 2 aromatic heterocycles. The third-order valence-electron chi connectivity index (χ3n) is 3.48. The van der Waals surface area contributed by atoms with Crippen molar-refractivity contribution in [1.82, 2.24) is 9.97 Å². The van der Waals surface area contributed by atoms with E-state index in [-0.39, 0.29) is 0 Å². The van der Waals surface area contributed by atoms with Gasteiger partial charge in [0.2, 0.25) is 5.95 Å². The van der Waals surface area contributed by atoms with E-state index < -0.39 is 0 Å². The molecule has 0 spiro atoms. The molecule has 0 aliphatic heterocycles. The molecule has 2 aromatic rings. The minimum Gasteiger partial charge on any atom is -0.353 e. The Morgan fingerprint density at radius 1 is 1.47 bits per heavy atom. The van der Waals surface area contributed by atoms with Crippen molar-refractivity contribution in [2.45, 2.75) is 32.7 Å². The van der Waals surface area contributed by atoms with Crippen LogP contribution in [-0.2, 0) is 0 Å². The monoisotopic (exact) mass is 277 g/mol. The Labute approximate surface area is 116 Å². The minimum atomic E-state index is 0.421. The summed E-state index contributed by atoms with van der Waals surface area (Å²) in [6.07, 6.45) is 2.67. The molecule has 0 atom stereocenters. The van der Waals surface area contributed by atoms with Gasteiger partial charge in [0.05, 0.1) is 5.39 Å². The maximum absolute atomic E-state index is 5.48. The summed E-state index contributed by atoms with van der Waals surface area (Å²) in [5.41, 5.74) is 2.57. The Morgan fingerprint density at radius 3 is 2.89 bits per heavy atom. The molecule has 0 amide bonds. The van der Waals surface area contributed by atoms with Crippen molar-refractivity contribution in [3.8, 4) is 0 Å². The van der Waals surface area contributed by atoms with E-state index in [2.05, 4.69) is 45.6 Å². The molecule has 2 heterocycles. The molecular formula is C13H19N5S. The molecule has 0 bridgehead atoms. The van der Waals surface area contributed by atoms with Crippen LogP contribution in [0.1, 0.15) is 26.7 Å². The highest BCUT2D eigenvalue weighted by molar-refractivity contribution is 7.16. The number of fused-ring (bicyclic) bond motifs is 1. The number of anilines is 2.